The molecule has 0 radical (unpaired) electrons. The molecule has 7 rings (SSSR count). The van der Waals surface area contributed by atoms with Crippen molar-refractivity contribution >= 4 is 127 Å². The summed E-state index contributed by atoms with van der Waals surface area (Å²) in [5.41, 5.74) is 5.13. The summed E-state index contributed by atoms with van der Waals surface area (Å²) < 4.78 is 76.2. The molecule has 1 atom stereocenters. The zero-order chi connectivity index (χ0) is 49.9. The van der Waals surface area contributed by atoms with Crippen molar-refractivity contribution in [2.45, 2.75) is 86.0 Å². The molecule has 0 aromatic heterocycles. The molecule has 0 heterocycles. The van der Waals surface area contributed by atoms with Gasteiger partial charge in [-0.2, -0.15) is 0 Å². The number of aliphatic hydroxyl groups is 1. The van der Waals surface area contributed by atoms with Crippen LogP contribution in [0.15, 0.2) is 162 Å². The Hall–Kier alpha value is -3.00. The molecule has 0 amide bonds. The maximum absolute atomic E-state index is 12.8. The second-order valence-electron chi connectivity index (χ2n) is 15.8. The fourth-order valence-corrected chi connectivity index (χ4v) is 14.6. The number of aryl methyl sites for hydroxylation is 2. The van der Waals surface area contributed by atoms with Crippen LogP contribution >= 0.6 is 86.0 Å². The van der Waals surface area contributed by atoms with Gasteiger partial charge in [0.1, 0.15) is 12.0 Å². The Balaban J connectivity index is 0.000000226. The number of aliphatic hydroxyl groups excluding tert-OH is 1. The van der Waals surface area contributed by atoms with Gasteiger partial charge in [0.05, 0.1) is 33.2 Å². The first kappa shape index (κ1) is 58.6. The van der Waals surface area contributed by atoms with E-state index in [0.717, 1.165) is 61.4 Å². The van der Waals surface area contributed by atoms with Crippen molar-refractivity contribution in [3.63, 3.8) is 0 Å². The number of anilines is 1. The van der Waals surface area contributed by atoms with Crippen molar-refractivity contribution in [3.8, 4) is 0 Å². The lowest BCUT2D eigenvalue weighted by molar-refractivity contribution is -0.121. The van der Waals surface area contributed by atoms with E-state index in [1.54, 1.807) is 90.6 Å². The van der Waals surface area contributed by atoms with E-state index < -0.39 is 52.2 Å². The lowest BCUT2D eigenvalue weighted by Gasteiger charge is -2.21. The third-order valence-electron chi connectivity index (χ3n) is 10.1. The second kappa shape index (κ2) is 26.1. The summed E-state index contributed by atoms with van der Waals surface area (Å²) in [7, 11) is -10.2. The highest BCUT2D eigenvalue weighted by molar-refractivity contribution is 9.10. The highest BCUT2D eigenvalue weighted by atomic mass is 79.9. The van der Waals surface area contributed by atoms with Crippen LogP contribution in [0.5, 0.6) is 0 Å². The number of hydrogen-bond acceptors (Lipinski definition) is 11. The molecule has 9 nitrogen and oxygen atoms in total. The Morgan fingerprint density at radius 1 is 0.710 bits per heavy atom. The van der Waals surface area contributed by atoms with Crippen LogP contribution in [0.1, 0.15) is 48.1 Å². The smallest absolute Gasteiger partial charge is 0.229 e. The van der Waals surface area contributed by atoms with Gasteiger partial charge in [0.25, 0.3) is 0 Å². The van der Waals surface area contributed by atoms with E-state index >= 15 is 0 Å². The zero-order valence-electron chi connectivity index (χ0n) is 37.3. The summed E-state index contributed by atoms with van der Waals surface area (Å²) in [6.45, 7) is 3.23. The van der Waals surface area contributed by atoms with Gasteiger partial charge in [0.2, 0.25) is 10.0 Å². The van der Waals surface area contributed by atoms with E-state index in [1.807, 2.05) is 62.6 Å². The first-order valence-corrected chi connectivity index (χ1v) is 30.8. The number of carbonyl (C=O) groups excluding carboxylic acids is 1. The molecule has 0 saturated heterocycles. The van der Waals surface area contributed by atoms with E-state index in [4.69, 9.17) is 39.9 Å². The summed E-state index contributed by atoms with van der Waals surface area (Å²) in [4.78, 5) is 14.9. The Morgan fingerprint density at radius 2 is 1.33 bits per heavy atom. The number of halogens is 4. The van der Waals surface area contributed by atoms with Crippen LogP contribution < -0.4 is 4.72 Å². The highest BCUT2D eigenvalue weighted by Gasteiger charge is 2.52. The minimum absolute atomic E-state index is 0. The van der Waals surface area contributed by atoms with Crippen LogP contribution in [0.25, 0.3) is 0 Å². The minimum atomic E-state index is -3.42. The number of ketones is 1. The number of carbonyl (C=O) groups is 1. The lowest BCUT2D eigenvalue weighted by atomic mass is 10.2. The molecule has 1 unspecified atom stereocenters. The van der Waals surface area contributed by atoms with Crippen molar-refractivity contribution in [1.82, 2.24) is 0 Å². The standard InChI is InChI=1S/C21H19ClO2S2.C15H15ClO2S2.C13H15BrClNO4S2.CH4/c1-16-7-10-20(11-8-16)26(23,24)15-18-13-19(22)9-12-21(18)25-14-17-5-3-2-4-6-17;1-11-4-3-5-14(8-11)20(17,18)10-12-6-7-13(16)9-15(12)19-2;1-22(19,20)16-9-3-2-8(14)6-11(9)21-13(4-5-13)12(15)10(18)7-17;/h2-13H,14-15H2,1H3;3-9H,10H2,1-2H3;2-3,6,12,16-17H,4-5,7H2,1H3;1H4. The van der Waals surface area contributed by atoms with Gasteiger partial charge in [-0.15, -0.1) is 46.9 Å². The van der Waals surface area contributed by atoms with Crippen LogP contribution in [-0.4, -0.2) is 65.4 Å². The Bertz CT molecular complexity index is 3050. The van der Waals surface area contributed by atoms with Crippen molar-refractivity contribution in [3.05, 3.63) is 176 Å². The van der Waals surface area contributed by atoms with Gasteiger partial charge in [-0.3, -0.25) is 9.52 Å². The first-order valence-electron chi connectivity index (χ1n) is 20.6. The van der Waals surface area contributed by atoms with Gasteiger partial charge >= 0.3 is 0 Å². The first-order chi connectivity index (χ1) is 32.0. The molecule has 2 N–H and O–H groups in total. The normalized spacial score (nSPS) is 13.3. The number of sulfonamides is 1. The average Bonchev–Trinajstić information content (AvgIpc) is 4.08. The maximum Gasteiger partial charge on any atom is 0.229 e. The molecule has 1 fully saturated rings. The Kier molecular flexibility index (Phi) is 22.2. The van der Waals surface area contributed by atoms with Crippen molar-refractivity contribution < 1.29 is 35.2 Å². The molecule has 0 spiro atoms. The number of thioether (sulfide) groups is 3. The predicted molar refractivity (Wildman–Crippen MR) is 294 cm³/mol. The molecule has 1 aliphatic carbocycles. The largest absolute Gasteiger partial charge is 0.389 e. The molecule has 370 valence electrons. The molecule has 1 saturated carbocycles. The van der Waals surface area contributed by atoms with Gasteiger partial charge in [-0.1, -0.05) is 113 Å². The van der Waals surface area contributed by atoms with Gasteiger partial charge in [-0.25, -0.2) is 25.3 Å². The zero-order valence-corrected chi connectivity index (χ0v) is 46.0. The van der Waals surface area contributed by atoms with E-state index in [0.29, 0.717) is 30.4 Å². The minimum Gasteiger partial charge on any atom is -0.389 e. The number of nitrogens with one attached hydrogen (secondary N) is 1. The molecule has 0 aliphatic heterocycles. The maximum atomic E-state index is 12.8. The van der Waals surface area contributed by atoms with Crippen LogP contribution in [0.2, 0.25) is 10.0 Å². The van der Waals surface area contributed by atoms with E-state index in [-0.39, 0.29) is 18.9 Å². The number of benzene rings is 6. The van der Waals surface area contributed by atoms with Gasteiger partial charge in [0, 0.05) is 39.7 Å². The van der Waals surface area contributed by atoms with Crippen LogP contribution in [0.3, 0.4) is 0 Å². The fourth-order valence-electron chi connectivity index (χ4n) is 6.49. The third-order valence-corrected chi connectivity index (χ3v) is 19.4. The summed E-state index contributed by atoms with van der Waals surface area (Å²) in [6.07, 6.45) is 4.47. The van der Waals surface area contributed by atoms with Gasteiger partial charge in [-0.05, 0) is 128 Å². The SMILES string of the molecule is C.CS(=O)(=O)Nc1ccc(Br)cc1SC1(C(Cl)C(=O)CO)CC1.CSc1cc(Cl)ccc1CS(=O)(=O)c1cccc(C)c1.Cc1ccc(S(=O)(=O)Cc2cc(Cl)ccc2SCc2ccccc2)cc1. The van der Waals surface area contributed by atoms with E-state index in [1.165, 1.54) is 29.1 Å². The molecule has 1 aliphatic rings. The monoisotopic (exact) mass is 1170 g/mol. The van der Waals surface area contributed by atoms with E-state index in [9.17, 15) is 30.0 Å². The molecular weight excluding hydrogens is 1120 g/mol. The number of sulfone groups is 2. The fraction of sp³-hybridized carbons (Fsp3) is 0.260. The van der Waals surface area contributed by atoms with Crippen LogP contribution in [0, 0.1) is 13.8 Å². The van der Waals surface area contributed by atoms with Crippen LogP contribution in [0.4, 0.5) is 5.69 Å². The summed E-state index contributed by atoms with van der Waals surface area (Å²) in [5.74, 6) is 0.289. The van der Waals surface area contributed by atoms with Crippen molar-refractivity contribution in [1.29, 1.82) is 0 Å². The summed E-state index contributed by atoms with van der Waals surface area (Å²) in [5, 5.41) is 9.33. The van der Waals surface area contributed by atoms with Crippen molar-refractivity contribution in [2.24, 2.45) is 0 Å². The molecule has 69 heavy (non-hydrogen) atoms. The topological polar surface area (TPSA) is 152 Å². The average molecular weight is 1170 g/mol. The Labute approximate surface area is 444 Å². The quantitative estimate of drug-likeness (QED) is 0.0663. The summed E-state index contributed by atoms with van der Waals surface area (Å²) >= 11 is 26.1. The van der Waals surface area contributed by atoms with Crippen LogP contribution in [-0.2, 0) is 51.8 Å². The van der Waals surface area contributed by atoms with E-state index in [2.05, 4.69) is 32.8 Å². The highest BCUT2D eigenvalue weighted by Crippen LogP contribution is 2.57. The summed E-state index contributed by atoms with van der Waals surface area (Å²) in [6, 6.07) is 40.0. The Morgan fingerprint density at radius 3 is 1.94 bits per heavy atom. The number of alkyl halides is 1. The molecule has 0 bridgehead atoms. The van der Waals surface area contributed by atoms with Gasteiger partial charge < -0.3 is 5.11 Å². The second-order valence-corrected chi connectivity index (χ2v) is 27.1. The van der Waals surface area contributed by atoms with Gasteiger partial charge in [0.15, 0.2) is 25.5 Å². The number of rotatable bonds is 17. The number of hydrogen-bond donors (Lipinski definition) is 2. The molecule has 19 heteroatoms. The molecule has 6 aromatic carbocycles. The van der Waals surface area contributed by atoms with Crippen molar-refractivity contribution in [2.75, 3.05) is 23.8 Å². The lowest BCUT2D eigenvalue weighted by Crippen LogP contribution is -2.30. The molecular formula is C50H53BrCl3NO8S6. The third kappa shape index (κ3) is 17.9. The number of Topliss-reactive ketones (excluding diaryl/α,β-unsaturated/α-hetero) is 1. The predicted octanol–water partition coefficient (Wildman–Crippen LogP) is 13.5. The molecule has 6 aromatic rings.